The van der Waals surface area contributed by atoms with Crippen molar-refractivity contribution in [2.45, 2.75) is 0 Å². The van der Waals surface area contributed by atoms with E-state index in [1.807, 2.05) is 4.98 Å². The molecule has 1 aromatic heterocycles. The van der Waals surface area contributed by atoms with Crippen molar-refractivity contribution < 1.29 is 49.4 Å². The summed E-state index contributed by atoms with van der Waals surface area (Å²) < 4.78 is 0.538. The van der Waals surface area contributed by atoms with E-state index in [1.54, 1.807) is 6.07 Å². The van der Waals surface area contributed by atoms with Gasteiger partial charge in [-0.3, -0.25) is 4.79 Å². The smallest absolute Gasteiger partial charge is 0.543 e. The van der Waals surface area contributed by atoms with E-state index in [2.05, 4.69) is 0 Å². The zero-order chi connectivity index (χ0) is 14.9. The molecule has 2 rings (SSSR count). The Morgan fingerprint density at radius 2 is 1.71 bits per heavy atom. The Hall–Kier alpha value is -2.16. The van der Waals surface area contributed by atoms with Crippen molar-refractivity contribution in [2.24, 2.45) is 0 Å². The number of nitrogens with one attached hydrogen (secondary N) is 1. The predicted octanol–water partition coefficient (Wildman–Crippen LogP) is -4.41. The summed E-state index contributed by atoms with van der Waals surface area (Å²) in [6.07, 6.45) is 0. The first-order valence-corrected chi connectivity index (χ1v) is 5.33. The number of hydrogen-bond acceptors (Lipinski definition) is 5. The minimum Gasteiger partial charge on any atom is -0.543 e. The molecule has 0 spiro atoms. The molecule has 9 heteroatoms. The fourth-order valence-electron chi connectivity index (χ4n) is 1.70. The van der Waals surface area contributed by atoms with Crippen molar-refractivity contribution in [3.8, 4) is 5.69 Å². The molecular weight excluding hydrogens is 291 g/mol. The minimum absolute atomic E-state index is 0. The van der Waals surface area contributed by atoms with Crippen LogP contribution in [0, 0.1) is 0 Å². The minimum atomic E-state index is -1.95. The van der Waals surface area contributed by atoms with E-state index in [-0.39, 0.29) is 35.2 Å². The Morgan fingerprint density at radius 3 is 2.19 bits per heavy atom. The Labute approximate surface area is 139 Å². The number of para-hydroxylation sites is 1. The second-order valence-electron chi connectivity index (χ2n) is 3.75. The number of carboxylic acids is 2. The van der Waals surface area contributed by atoms with E-state index in [1.165, 1.54) is 24.3 Å². The molecule has 1 aromatic carbocycles. The first kappa shape index (κ1) is 16.9. The van der Waals surface area contributed by atoms with Crippen LogP contribution in [-0.2, 0) is 0 Å². The summed E-state index contributed by atoms with van der Waals surface area (Å²) >= 11 is 0. The molecule has 0 fully saturated rings. The normalized spacial score (nSPS) is 9.71. The zero-order valence-corrected chi connectivity index (χ0v) is 12.8. The second-order valence-corrected chi connectivity index (χ2v) is 3.75. The molecule has 0 radical (unpaired) electrons. The Kier molecular flexibility index (Phi) is 5.25. The third kappa shape index (κ3) is 3.13. The monoisotopic (exact) mass is 298 g/mol. The number of carbonyl (C=O) groups is 2. The van der Waals surface area contributed by atoms with Crippen molar-refractivity contribution in [2.75, 3.05) is 0 Å². The van der Waals surface area contributed by atoms with Crippen LogP contribution >= 0.6 is 0 Å². The fraction of sp³-hybridized carbons (Fsp3) is 0. The van der Waals surface area contributed by atoms with Crippen LogP contribution in [0.5, 0.6) is 0 Å². The summed E-state index contributed by atoms with van der Waals surface area (Å²) in [4.78, 5) is 47.4. The van der Waals surface area contributed by atoms with Crippen molar-refractivity contribution in [3.05, 3.63) is 62.4 Å². The summed E-state index contributed by atoms with van der Waals surface area (Å²) in [7, 11) is 0. The van der Waals surface area contributed by atoms with Crippen molar-refractivity contribution in [1.82, 2.24) is 9.55 Å². The van der Waals surface area contributed by atoms with E-state index in [0.717, 1.165) is 0 Å². The van der Waals surface area contributed by atoms with Crippen molar-refractivity contribution in [1.29, 1.82) is 0 Å². The van der Waals surface area contributed by atoms with Gasteiger partial charge in [0.15, 0.2) is 5.56 Å². The molecule has 8 nitrogen and oxygen atoms in total. The molecule has 102 valence electrons. The topological polar surface area (TPSA) is 132 Å². The largest absolute Gasteiger partial charge is 1.00 e. The number of aromatic amines is 1. The van der Waals surface area contributed by atoms with E-state index in [0.29, 0.717) is 4.57 Å². The Morgan fingerprint density at radius 1 is 1.14 bits per heavy atom. The molecule has 0 aliphatic heterocycles. The molecule has 0 aliphatic carbocycles. The summed E-state index contributed by atoms with van der Waals surface area (Å²) in [5.74, 6) is -3.72. The van der Waals surface area contributed by atoms with Crippen LogP contribution in [0.4, 0.5) is 0 Å². The summed E-state index contributed by atoms with van der Waals surface area (Å²) in [5, 5.41) is 19.7. The molecule has 1 heterocycles. The van der Waals surface area contributed by atoms with Gasteiger partial charge in [0.1, 0.15) is 0 Å². The predicted molar refractivity (Wildman–Crippen MR) is 63.9 cm³/mol. The van der Waals surface area contributed by atoms with Gasteiger partial charge in [0.25, 0.3) is 5.56 Å². The maximum Gasteiger partial charge on any atom is 1.00 e. The third-order valence-corrected chi connectivity index (χ3v) is 2.53. The molecule has 0 bridgehead atoms. The number of aromatic carboxylic acids is 2. The first-order chi connectivity index (χ1) is 9.43. The van der Waals surface area contributed by atoms with E-state index >= 15 is 0 Å². The second kappa shape index (κ2) is 6.53. The van der Waals surface area contributed by atoms with Gasteiger partial charge >= 0.3 is 41.2 Å². The number of carboxylic acid groups (broad SMARTS) is 2. The molecule has 21 heavy (non-hydrogen) atoms. The molecular formula is C12H7N2NaO6. The molecule has 0 saturated heterocycles. The van der Waals surface area contributed by atoms with Gasteiger partial charge < -0.3 is 20.0 Å². The first-order valence-electron chi connectivity index (χ1n) is 5.33. The van der Waals surface area contributed by atoms with Gasteiger partial charge in [0.2, 0.25) is 0 Å². The maximum atomic E-state index is 12.0. The van der Waals surface area contributed by atoms with Crippen LogP contribution in [-0.4, -0.2) is 26.6 Å². The van der Waals surface area contributed by atoms with Gasteiger partial charge in [-0.15, -0.1) is 0 Å². The Balaban J connectivity index is 0.00000220. The van der Waals surface area contributed by atoms with E-state index < -0.39 is 34.4 Å². The molecule has 0 atom stereocenters. The van der Waals surface area contributed by atoms with Gasteiger partial charge in [-0.25, -0.2) is 14.2 Å². The number of nitrogens with zero attached hydrogens (tertiary/aromatic N) is 1. The Bertz CT molecular complexity index is 809. The van der Waals surface area contributed by atoms with Crippen molar-refractivity contribution >= 4 is 11.9 Å². The summed E-state index contributed by atoms with van der Waals surface area (Å²) in [6, 6.07) is 7.51. The van der Waals surface area contributed by atoms with Gasteiger partial charge in [-0.05, 0) is 12.1 Å². The summed E-state index contributed by atoms with van der Waals surface area (Å²) in [6.45, 7) is 0. The van der Waals surface area contributed by atoms with E-state index in [9.17, 15) is 24.3 Å². The number of aromatic nitrogens is 2. The van der Waals surface area contributed by atoms with E-state index in [4.69, 9.17) is 5.11 Å². The van der Waals surface area contributed by atoms with Crippen LogP contribution < -0.4 is 45.9 Å². The van der Waals surface area contributed by atoms with Crippen LogP contribution in [0.2, 0.25) is 0 Å². The number of benzene rings is 1. The SMILES string of the molecule is O=C([O-])c1[nH]c(=O)n(-c2ccccc2)c(=O)c1C(=O)O.[Na+]. The van der Waals surface area contributed by atoms with Crippen LogP contribution in [0.3, 0.4) is 0 Å². The molecule has 0 unspecified atom stereocenters. The average Bonchev–Trinajstić information content (AvgIpc) is 2.38. The van der Waals surface area contributed by atoms with Crippen LogP contribution in [0.1, 0.15) is 20.8 Å². The fourth-order valence-corrected chi connectivity index (χ4v) is 1.70. The standard InChI is InChI=1S/C12H8N2O6.Na/c15-9-7(10(16)17)8(11(18)19)13-12(20)14(9)6-4-2-1-3-5-6;/h1-5H,(H,13,20)(H,16,17)(H,18,19);/q;+1/p-1. The quantitative estimate of drug-likeness (QED) is 0.550. The van der Waals surface area contributed by atoms with Crippen molar-refractivity contribution in [3.63, 3.8) is 0 Å². The molecule has 2 aromatic rings. The zero-order valence-electron chi connectivity index (χ0n) is 10.8. The average molecular weight is 298 g/mol. The van der Waals surface area contributed by atoms with Gasteiger partial charge in [-0.1, -0.05) is 18.2 Å². The van der Waals surface area contributed by atoms with Gasteiger partial charge in [0, 0.05) is 0 Å². The number of hydrogen-bond donors (Lipinski definition) is 2. The number of rotatable bonds is 3. The number of carbonyl (C=O) groups excluding carboxylic acids is 1. The summed E-state index contributed by atoms with van der Waals surface area (Å²) in [5.41, 5.74) is -4.31. The maximum absolute atomic E-state index is 12.0. The molecule has 0 aliphatic rings. The number of H-pyrrole nitrogens is 1. The van der Waals surface area contributed by atoms with Crippen LogP contribution in [0.25, 0.3) is 5.69 Å². The molecule has 2 N–H and O–H groups in total. The van der Waals surface area contributed by atoms with Gasteiger partial charge in [0.05, 0.1) is 17.4 Å². The molecule has 0 amide bonds. The van der Waals surface area contributed by atoms with Crippen LogP contribution in [0.15, 0.2) is 39.9 Å². The third-order valence-electron chi connectivity index (χ3n) is 2.53. The van der Waals surface area contributed by atoms with Gasteiger partial charge in [-0.2, -0.15) is 0 Å². The molecule has 0 saturated carbocycles.